The van der Waals surface area contributed by atoms with Gasteiger partial charge in [0.2, 0.25) is 0 Å². The minimum Gasteiger partial charge on any atom is -0.479 e. The molecule has 0 saturated carbocycles. The maximum atomic E-state index is 11.3. The van der Waals surface area contributed by atoms with Crippen molar-refractivity contribution in [3.8, 4) is 0 Å². The quantitative estimate of drug-likeness (QED) is 0.320. The van der Waals surface area contributed by atoms with Gasteiger partial charge in [-0.2, -0.15) is 0 Å². The summed E-state index contributed by atoms with van der Waals surface area (Å²) in [6.45, 7) is 6.29. The molecule has 0 bridgehead atoms. The molecule has 0 heterocycles. The van der Waals surface area contributed by atoms with Crippen molar-refractivity contribution < 1.29 is 14.6 Å². The Hall–Kier alpha value is -1.61. The standard InChI is InChI=1S/C21H34O3/c1-4-7-8-9-10-11-12-13-14-15-16-17-18-19-24-21(5-2,6-3)20(22)23/h7-8,10-11,13-14,16-17H,4-6,9,12,15,18-19H2,1-3H3,(H,22,23). The number of hydrogen-bond donors (Lipinski definition) is 1. The SMILES string of the molecule is CCC=CCC=CCC=CCC=CCCOC(CC)(CC)C(=O)O. The van der Waals surface area contributed by atoms with Crippen molar-refractivity contribution in [2.24, 2.45) is 0 Å². The minimum atomic E-state index is -1.02. The fourth-order valence-corrected chi connectivity index (χ4v) is 2.24. The molecule has 0 amide bonds. The third-order valence-electron chi connectivity index (χ3n) is 3.91. The third kappa shape index (κ3) is 10.2. The van der Waals surface area contributed by atoms with Crippen molar-refractivity contribution in [2.75, 3.05) is 6.61 Å². The first-order valence-corrected chi connectivity index (χ1v) is 9.10. The Morgan fingerprint density at radius 1 is 0.833 bits per heavy atom. The number of carbonyl (C=O) groups is 1. The molecule has 24 heavy (non-hydrogen) atoms. The smallest absolute Gasteiger partial charge is 0.335 e. The van der Waals surface area contributed by atoms with E-state index in [0.717, 1.165) is 32.1 Å². The molecule has 0 rings (SSSR count). The normalized spacial score (nSPS) is 13.1. The average Bonchev–Trinajstić information content (AvgIpc) is 2.58. The van der Waals surface area contributed by atoms with E-state index >= 15 is 0 Å². The van der Waals surface area contributed by atoms with Gasteiger partial charge in [-0.25, -0.2) is 4.79 Å². The number of ether oxygens (including phenoxy) is 1. The summed E-state index contributed by atoms with van der Waals surface area (Å²) in [7, 11) is 0. The van der Waals surface area contributed by atoms with Crippen molar-refractivity contribution in [1.82, 2.24) is 0 Å². The molecule has 0 aromatic heterocycles. The fraction of sp³-hybridized carbons (Fsp3) is 0.571. The van der Waals surface area contributed by atoms with E-state index in [1.807, 2.05) is 19.9 Å². The van der Waals surface area contributed by atoms with Gasteiger partial charge in [-0.15, -0.1) is 0 Å². The highest BCUT2D eigenvalue weighted by atomic mass is 16.5. The fourth-order valence-electron chi connectivity index (χ4n) is 2.24. The van der Waals surface area contributed by atoms with Crippen LogP contribution in [0.4, 0.5) is 0 Å². The van der Waals surface area contributed by atoms with Gasteiger partial charge < -0.3 is 9.84 Å². The summed E-state index contributed by atoms with van der Waals surface area (Å²) in [6, 6.07) is 0. The van der Waals surface area contributed by atoms with Gasteiger partial charge in [0, 0.05) is 0 Å². The molecule has 0 aliphatic rings. The Morgan fingerprint density at radius 2 is 1.29 bits per heavy atom. The molecular formula is C21H34O3. The van der Waals surface area contributed by atoms with E-state index in [9.17, 15) is 9.90 Å². The Morgan fingerprint density at radius 3 is 1.71 bits per heavy atom. The molecule has 0 aromatic rings. The summed E-state index contributed by atoms with van der Waals surface area (Å²) in [5, 5.41) is 9.27. The molecule has 3 nitrogen and oxygen atoms in total. The number of rotatable bonds is 14. The maximum absolute atomic E-state index is 11.3. The lowest BCUT2D eigenvalue weighted by Crippen LogP contribution is -2.40. The third-order valence-corrected chi connectivity index (χ3v) is 3.91. The Labute approximate surface area is 147 Å². The Kier molecular flexibility index (Phi) is 13.9. The van der Waals surface area contributed by atoms with Crippen molar-refractivity contribution in [1.29, 1.82) is 0 Å². The summed E-state index contributed by atoms with van der Waals surface area (Å²) in [5.74, 6) is -0.863. The molecule has 0 atom stereocenters. The predicted octanol–water partition coefficient (Wildman–Crippen LogP) is 5.84. The predicted molar refractivity (Wildman–Crippen MR) is 102 cm³/mol. The first kappa shape index (κ1) is 22.4. The van der Waals surface area contributed by atoms with Gasteiger partial charge >= 0.3 is 5.97 Å². The second-order valence-corrected chi connectivity index (χ2v) is 5.64. The highest BCUT2D eigenvalue weighted by Crippen LogP contribution is 2.21. The molecule has 1 N–H and O–H groups in total. The zero-order chi connectivity index (χ0) is 18.1. The van der Waals surface area contributed by atoms with Crippen molar-refractivity contribution in [3.05, 3.63) is 48.6 Å². The molecule has 0 aromatic carbocycles. The first-order valence-electron chi connectivity index (χ1n) is 9.10. The maximum Gasteiger partial charge on any atom is 0.335 e. The number of allylic oxidation sites excluding steroid dienone is 7. The minimum absolute atomic E-state index is 0.447. The molecule has 0 spiro atoms. The van der Waals surface area contributed by atoms with Gasteiger partial charge in [-0.05, 0) is 44.9 Å². The molecular weight excluding hydrogens is 300 g/mol. The van der Waals surface area contributed by atoms with Gasteiger partial charge in [0.05, 0.1) is 6.61 Å². The van der Waals surface area contributed by atoms with Crippen molar-refractivity contribution in [3.63, 3.8) is 0 Å². The lowest BCUT2D eigenvalue weighted by atomic mass is 9.97. The lowest BCUT2D eigenvalue weighted by Gasteiger charge is -2.26. The topological polar surface area (TPSA) is 46.5 Å². The monoisotopic (exact) mass is 334 g/mol. The molecule has 0 unspecified atom stereocenters. The number of carboxylic acids is 1. The van der Waals surface area contributed by atoms with Gasteiger partial charge in [0.15, 0.2) is 5.60 Å². The van der Waals surface area contributed by atoms with Crippen molar-refractivity contribution >= 4 is 5.97 Å². The van der Waals surface area contributed by atoms with E-state index < -0.39 is 11.6 Å². The van der Waals surface area contributed by atoms with Crippen LogP contribution in [0.15, 0.2) is 48.6 Å². The highest BCUT2D eigenvalue weighted by molar-refractivity contribution is 5.77. The van der Waals surface area contributed by atoms with E-state index in [1.165, 1.54) is 0 Å². The Bertz CT molecular complexity index is 426. The Balaban J connectivity index is 3.81. The number of carboxylic acid groups (broad SMARTS) is 1. The van der Waals surface area contributed by atoms with Crippen LogP contribution in [0.2, 0.25) is 0 Å². The van der Waals surface area contributed by atoms with Gasteiger partial charge in [0.25, 0.3) is 0 Å². The summed E-state index contributed by atoms with van der Waals surface area (Å²) < 4.78 is 5.61. The number of aliphatic carboxylic acids is 1. The molecule has 136 valence electrons. The van der Waals surface area contributed by atoms with E-state index in [4.69, 9.17) is 4.74 Å². The van der Waals surface area contributed by atoms with E-state index in [2.05, 4.69) is 49.5 Å². The highest BCUT2D eigenvalue weighted by Gasteiger charge is 2.35. The van der Waals surface area contributed by atoms with Crippen LogP contribution in [-0.4, -0.2) is 23.3 Å². The molecule has 0 saturated heterocycles. The second kappa shape index (κ2) is 14.9. The van der Waals surface area contributed by atoms with E-state index in [1.54, 1.807) is 0 Å². The number of hydrogen-bond acceptors (Lipinski definition) is 2. The molecule has 0 fully saturated rings. The van der Waals surface area contributed by atoms with Gasteiger partial charge in [-0.1, -0.05) is 69.4 Å². The lowest BCUT2D eigenvalue weighted by molar-refractivity contribution is -0.167. The molecule has 0 aliphatic carbocycles. The molecule has 0 radical (unpaired) electrons. The summed E-state index contributed by atoms with van der Waals surface area (Å²) in [5.41, 5.74) is -1.02. The zero-order valence-corrected chi connectivity index (χ0v) is 15.5. The van der Waals surface area contributed by atoms with E-state index in [0.29, 0.717) is 19.4 Å². The summed E-state index contributed by atoms with van der Waals surface area (Å²) >= 11 is 0. The van der Waals surface area contributed by atoms with Crippen LogP contribution < -0.4 is 0 Å². The zero-order valence-electron chi connectivity index (χ0n) is 15.5. The van der Waals surface area contributed by atoms with Crippen LogP contribution in [0.25, 0.3) is 0 Å². The summed E-state index contributed by atoms with van der Waals surface area (Å²) in [6.07, 6.45) is 22.8. The summed E-state index contributed by atoms with van der Waals surface area (Å²) in [4.78, 5) is 11.3. The van der Waals surface area contributed by atoms with E-state index in [-0.39, 0.29) is 0 Å². The van der Waals surface area contributed by atoms with Crippen molar-refractivity contribution in [2.45, 2.75) is 71.3 Å². The van der Waals surface area contributed by atoms with Crippen LogP contribution in [0.3, 0.4) is 0 Å². The van der Waals surface area contributed by atoms with Crippen LogP contribution in [0, 0.1) is 0 Å². The first-order chi connectivity index (χ1) is 11.6. The largest absolute Gasteiger partial charge is 0.479 e. The van der Waals surface area contributed by atoms with Crippen LogP contribution in [0.5, 0.6) is 0 Å². The second-order valence-electron chi connectivity index (χ2n) is 5.64. The molecule has 3 heteroatoms. The van der Waals surface area contributed by atoms with Gasteiger partial charge in [0.1, 0.15) is 0 Å². The van der Waals surface area contributed by atoms with Crippen LogP contribution in [0.1, 0.15) is 65.7 Å². The molecule has 0 aliphatic heterocycles. The van der Waals surface area contributed by atoms with Crippen LogP contribution in [-0.2, 0) is 9.53 Å². The van der Waals surface area contributed by atoms with Gasteiger partial charge in [-0.3, -0.25) is 0 Å². The average molecular weight is 335 g/mol. The van der Waals surface area contributed by atoms with Crippen LogP contribution >= 0.6 is 0 Å².